The van der Waals surface area contributed by atoms with Gasteiger partial charge in [0.15, 0.2) is 0 Å². The van der Waals surface area contributed by atoms with E-state index in [1.165, 1.54) is 11.3 Å². The van der Waals surface area contributed by atoms with Crippen molar-refractivity contribution in [1.29, 1.82) is 0 Å². The third-order valence-electron chi connectivity index (χ3n) is 3.14. The van der Waals surface area contributed by atoms with Crippen LogP contribution in [0.5, 0.6) is 0 Å². The first-order valence-corrected chi connectivity index (χ1v) is 8.15. The van der Waals surface area contributed by atoms with Crippen molar-refractivity contribution in [3.8, 4) is 0 Å². The Bertz CT molecular complexity index is 433. The van der Waals surface area contributed by atoms with Crippen molar-refractivity contribution in [1.82, 2.24) is 4.72 Å². The average Bonchev–Trinajstić information content (AvgIpc) is 2.82. The van der Waals surface area contributed by atoms with E-state index in [2.05, 4.69) is 4.72 Å². The fourth-order valence-electron chi connectivity index (χ4n) is 2.06. The Morgan fingerprint density at radius 1 is 1.35 bits per heavy atom. The normalized spacial score (nSPS) is 25.9. The zero-order valence-electron chi connectivity index (χ0n) is 9.50. The van der Waals surface area contributed by atoms with E-state index in [1.54, 1.807) is 17.5 Å². The van der Waals surface area contributed by atoms with E-state index in [4.69, 9.17) is 0 Å². The third kappa shape index (κ3) is 3.51. The molecule has 17 heavy (non-hydrogen) atoms. The van der Waals surface area contributed by atoms with Crippen molar-refractivity contribution in [3.63, 3.8) is 0 Å². The molecule has 96 valence electrons. The maximum atomic E-state index is 11.9. The molecule has 0 unspecified atom stereocenters. The van der Waals surface area contributed by atoms with Gasteiger partial charge in [-0.25, -0.2) is 13.1 Å². The molecule has 1 aromatic heterocycles. The first-order valence-electron chi connectivity index (χ1n) is 5.79. The quantitative estimate of drug-likeness (QED) is 0.876. The molecule has 1 fully saturated rings. The minimum absolute atomic E-state index is 0.194. The summed E-state index contributed by atoms with van der Waals surface area (Å²) in [6.07, 6.45) is 3.17. The van der Waals surface area contributed by atoms with E-state index in [0.717, 1.165) is 25.7 Å². The zero-order valence-corrected chi connectivity index (χ0v) is 11.1. The molecule has 0 spiro atoms. The Kier molecular flexibility index (Phi) is 4.19. The van der Waals surface area contributed by atoms with Crippen LogP contribution in [0.25, 0.3) is 0 Å². The number of thiophene rings is 1. The van der Waals surface area contributed by atoms with Crippen LogP contribution in [0.3, 0.4) is 0 Å². The lowest BCUT2D eigenvalue weighted by atomic mass is 9.88. The van der Waals surface area contributed by atoms with Gasteiger partial charge < -0.3 is 5.11 Å². The van der Waals surface area contributed by atoms with Crippen LogP contribution < -0.4 is 4.72 Å². The highest BCUT2D eigenvalue weighted by atomic mass is 32.2. The topological polar surface area (TPSA) is 66.4 Å². The molecule has 1 heterocycles. The highest BCUT2D eigenvalue weighted by Gasteiger charge is 2.22. The van der Waals surface area contributed by atoms with E-state index < -0.39 is 10.0 Å². The van der Waals surface area contributed by atoms with Gasteiger partial charge in [-0.2, -0.15) is 0 Å². The van der Waals surface area contributed by atoms with Gasteiger partial charge >= 0.3 is 0 Å². The Balaban J connectivity index is 1.86. The molecular weight excluding hydrogens is 258 g/mol. The number of nitrogens with one attached hydrogen (secondary N) is 1. The average molecular weight is 275 g/mol. The minimum atomic E-state index is -3.32. The standard InChI is InChI=1S/C11H17NO3S2/c13-10-5-3-9(4-6-10)8-12-17(14,15)11-2-1-7-16-11/h1-2,7,9-10,12-13H,3-6,8H2. The van der Waals surface area contributed by atoms with E-state index in [-0.39, 0.29) is 6.10 Å². The van der Waals surface area contributed by atoms with E-state index in [9.17, 15) is 13.5 Å². The number of hydrogen-bond donors (Lipinski definition) is 2. The largest absolute Gasteiger partial charge is 0.393 e. The number of sulfonamides is 1. The monoisotopic (exact) mass is 275 g/mol. The Morgan fingerprint density at radius 3 is 2.65 bits per heavy atom. The zero-order chi connectivity index (χ0) is 12.3. The van der Waals surface area contributed by atoms with Crippen LogP contribution in [-0.2, 0) is 10.0 Å². The lowest BCUT2D eigenvalue weighted by Crippen LogP contribution is -2.31. The minimum Gasteiger partial charge on any atom is -0.393 e. The molecule has 1 aliphatic carbocycles. The van der Waals surface area contributed by atoms with Gasteiger partial charge in [0, 0.05) is 6.54 Å². The third-order valence-corrected chi connectivity index (χ3v) is 5.96. The van der Waals surface area contributed by atoms with Gasteiger partial charge in [0.2, 0.25) is 10.0 Å². The Hall–Kier alpha value is -0.430. The molecule has 0 amide bonds. The molecule has 6 heteroatoms. The molecule has 1 aliphatic rings. The highest BCUT2D eigenvalue weighted by molar-refractivity contribution is 7.91. The van der Waals surface area contributed by atoms with Crippen LogP contribution in [-0.4, -0.2) is 26.2 Å². The molecule has 2 N–H and O–H groups in total. The molecule has 0 saturated heterocycles. The van der Waals surface area contributed by atoms with E-state index >= 15 is 0 Å². The number of rotatable bonds is 4. The molecule has 4 nitrogen and oxygen atoms in total. The summed E-state index contributed by atoms with van der Waals surface area (Å²) in [5.74, 6) is 0.355. The van der Waals surface area contributed by atoms with Crippen LogP contribution in [0.15, 0.2) is 21.7 Å². The lowest BCUT2D eigenvalue weighted by molar-refractivity contribution is 0.110. The molecule has 2 rings (SSSR count). The highest BCUT2D eigenvalue weighted by Crippen LogP contribution is 2.24. The molecule has 1 aromatic rings. The summed E-state index contributed by atoms with van der Waals surface area (Å²) in [7, 11) is -3.32. The van der Waals surface area contributed by atoms with Crippen molar-refractivity contribution >= 4 is 21.4 Å². The molecule has 0 aromatic carbocycles. The fraction of sp³-hybridized carbons (Fsp3) is 0.636. The summed E-state index contributed by atoms with van der Waals surface area (Å²) in [6.45, 7) is 0.479. The van der Waals surface area contributed by atoms with E-state index in [0.29, 0.717) is 16.7 Å². The van der Waals surface area contributed by atoms with Gasteiger partial charge in [-0.1, -0.05) is 6.07 Å². The maximum Gasteiger partial charge on any atom is 0.250 e. The summed E-state index contributed by atoms with van der Waals surface area (Å²) in [5, 5.41) is 11.1. The SMILES string of the molecule is O=S(=O)(NCC1CCC(O)CC1)c1cccs1. The summed E-state index contributed by atoms with van der Waals surface area (Å²) in [6, 6.07) is 3.34. The fourth-order valence-corrected chi connectivity index (χ4v) is 4.22. The smallest absolute Gasteiger partial charge is 0.250 e. The Morgan fingerprint density at radius 2 is 2.06 bits per heavy atom. The first kappa shape index (κ1) is 13.0. The second-order valence-corrected chi connectivity index (χ2v) is 7.40. The number of hydrogen-bond acceptors (Lipinski definition) is 4. The maximum absolute atomic E-state index is 11.9. The predicted octanol–water partition coefficient (Wildman–Crippen LogP) is 1.58. The van der Waals surface area contributed by atoms with Gasteiger partial charge in [-0.3, -0.25) is 0 Å². The molecular formula is C11H17NO3S2. The predicted molar refractivity (Wildman–Crippen MR) is 67.5 cm³/mol. The molecule has 0 aliphatic heterocycles. The Labute approximate surface area is 106 Å². The van der Waals surface area contributed by atoms with Crippen molar-refractivity contribution in [2.45, 2.75) is 36.0 Å². The van der Waals surface area contributed by atoms with Gasteiger partial charge in [-0.05, 0) is 43.0 Å². The van der Waals surface area contributed by atoms with Crippen LogP contribution in [0, 0.1) is 5.92 Å². The van der Waals surface area contributed by atoms with Crippen LogP contribution >= 0.6 is 11.3 Å². The van der Waals surface area contributed by atoms with E-state index in [1.807, 2.05) is 0 Å². The van der Waals surface area contributed by atoms with Crippen LogP contribution in [0.2, 0.25) is 0 Å². The molecule has 0 radical (unpaired) electrons. The van der Waals surface area contributed by atoms with Gasteiger partial charge in [0.05, 0.1) is 6.10 Å². The van der Waals surface area contributed by atoms with Crippen molar-refractivity contribution in [2.75, 3.05) is 6.54 Å². The van der Waals surface area contributed by atoms with Crippen molar-refractivity contribution in [3.05, 3.63) is 17.5 Å². The molecule has 0 atom stereocenters. The summed E-state index contributed by atoms with van der Waals surface area (Å²) < 4.78 is 26.7. The summed E-state index contributed by atoms with van der Waals surface area (Å²) in [4.78, 5) is 0. The van der Waals surface area contributed by atoms with Crippen LogP contribution in [0.1, 0.15) is 25.7 Å². The molecule has 0 bridgehead atoms. The second kappa shape index (κ2) is 5.48. The number of aliphatic hydroxyl groups excluding tert-OH is 1. The van der Waals surface area contributed by atoms with Crippen molar-refractivity contribution < 1.29 is 13.5 Å². The van der Waals surface area contributed by atoms with Gasteiger partial charge in [0.25, 0.3) is 0 Å². The second-order valence-electron chi connectivity index (χ2n) is 4.46. The van der Waals surface area contributed by atoms with Gasteiger partial charge in [-0.15, -0.1) is 11.3 Å². The summed E-state index contributed by atoms with van der Waals surface area (Å²) >= 11 is 1.23. The van der Waals surface area contributed by atoms with Crippen LogP contribution in [0.4, 0.5) is 0 Å². The first-order chi connectivity index (χ1) is 8.08. The summed E-state index contributed by atoms with van der Waals surface area (Å²) in [5.41, 5.74) is 0. The molecule has 1 saturated carbocycles. The number of aliphatic hydroxyl groups is 1. The lowest BCUT2D eigenvalue weighted by Gasteiger charge is -2.25. The van der Waals surface area contributed by atoms with Gasteiger partial charge in [0.1, 0.15) is 4.21 Å². The van der Waals surface area contributed by atoms with Crippen molar-refractivity contribution in [2.24, 2.45) is 5.92 Å².